The second-order valence-corrected chi connectivity index (χ2v) is 10.7. The molecule has 1 fully saturated rings. The molecule has 206 valence electrons. The summed E-state index contributed by atoms with van der Waals surface area (Å²) in [5.41, 5.74) is 8.96. The highest BCUT2D eigenvalue weighted by atomic mass is 35.5. The van der Waals surface area contributed by atoms with Crippen LogP contribution >= 0.6 is 11.6 Å². The molecule has 0 saturated heterocycles. The normalized spacial score (nSPS) is 16.5. The van der Waals surface area contributed by atoms with Crippen molar-refractivity contribution in [1.29, 1.82) is 10.5 Å². The van der Waals surface area contributed by atoms with Gasteiger partial charge in [-0.2, -0.15) is 10.5 Å². The van der Waals surface area contributed by atoms with Crippen molar-refractivity contribution in [2.75, 3.05) is 10.6 Å². The third kappa shape index (κ3) is 5.30. The first-order chi connectivity index (χ1) is 20.4. The van der Waals surface area contributed by atoms with Gasteiger partial charge in [-0.05, 0) is 48.2 Å². The molecule has 4 N–H and O–H groups in total. The van der Waals surface area contributed by atoms with Gasteiger partial charge in [-0.3, -0.25) is 9.99 Å². The van der Waals surface area contributed by atoms with E-state index in [0.29, 0.717) is 50.2 Å². The number of aromatic nitrogens is 1. The Hall–Kier alpha value is -4.77. The lowest BCUT2D eigenvalue weighted by Gasteiger charge is -2.34. The number of hydrazine groups is 2. The van der Waals surface area contributed by atoms with Crippen LogP contribution in [0.25, 0.3) is 10.9 Å². The summed E-state index contributed by atoms with van der Waals surface area (Å²) >= 11 is 6.77. The zero-order valence-electron chi connectivity index (χ0n) is 22.4. The maximum atomic E-state index is 13.9. The Balaban J connectivity index is 1.45. The average molecular weight is 575 g/mol. The number of fused-ring (bicyclic) bond motifs is 1. The summed E-state index contributed by atoms with van der Waals surface area (Å²) in [4.78, 5) is 4.46. The first-order valence-corrected chi connectivity index (χ1v) is 13.8. The van der Waals surface area contributed by atoms with Crippen LogP contribution in [0.3, 0.4) is 0 Å². The van der Waals surface area contributed by atoms with Gasteiger partial charge >= 0.3 is 0 Å². The number of rotatable bonds is 9. The molecule has 1 saturated carbocycles. The van der Waals surface area contributed by atoms with Crippen LogP contribution in [0.5, 0.6) is 0 Å². The molecule has 1 unspecified atom stereocenters. The summed E-state index contributed by atoms with van der Waals surface area (Å²) in [6.45, 7) is 0. The topological polar surface area (TPSA) is 112 Å². The predicted molar refractivity (Wildman–Crippen MR) is 161 cm³/mol. The van der Waals surface area contributed by atoms with Gasteiger partial charge in [0.25, 0.3) is 0 Å². The standard InChI is InChI=1S/C31H25BClFN8/c32-31(21-6-8-22(34)9-7-21,28-18-42(41-40-28)24-10-11-24)39-23-14-25-29(20(16-36)17-37-30(25)26(33)15-23)38-27(12-13-35)19-4-2-1-3-5-19/h1-9,14-15,17-18,24,27,39-41H,10-12H2,(H,37,38)/t27-,31?/m0/s1. The van der Waals surface area contributed by atoms with Gasteiger partial charge in [-0.25, -0.2) is 4.39 Å². The Labute approximate surface area is 249 Å². The summed E-state index contributed by atoms with van der Waals surface area (Å²) in [6.07, 6.45) is 5.69. The van der Waals surface area contributed by atoms with E-state index in [4.69, 9.17) is 19.4 Å². The van der Waals surface area contributed by atoms with Gasteiger partial charge in [0.15, 0.2) is 0 Å². The van der Waals surface area contributed by atoms with Crippen molar-refractivity contribution in [3.63, 3.8) is 0 Å². The number of nitrogens with one attached hydrogen (secondary N) is 4. The van der Waals surface area contributed by atoms with Gasteiger partial charge in [0, 0.05) is 29.5 Å². The lowest BCUT2D eigenvalue weighted by Crippen LogP contribution is -2.45. The average Bonchev–Trinajstić information content (AvgIpc) is 3.73. The van der Waals surface area contributed by atoms with E-state index < -0.39 is 5.44 Å². The largest absolute Gasteiger partial charge is 0.378 e. The van der Waals surface area contributed by atoms with Crippen molar-refractivity contribution < 1.29 is 4.39 Å². The highest BCUT2D eigenvalue weighted by Crippen LogP contribution is 2.39. The molecular weight excluding hydrogens is 550 g/mol. The molecule has 1 aliphatic heterocycles. The Morgan fingerprint density at radius 3 is 2.60 bits per heavy atom. The van der Waals surface area contributed by atoms with E-state index in [0.717, 1.165) is 18.4 Å². The molecule has 2 radical (unpaired) electrons. The summed E-state index contributed by atoms with van der Waals surface area (Å²) in [7, 11) is 7.08. The molecule has 0 spiro atoms. The zero-order valence-corrected chi connectivity index (χ0v) is 23.2. The minimum atomic E-state index is -1.32. The predicted octanol–water partition coefficient (Wildman–Crippen LogP) is 5.73. The fourth-order valence-electron chi connectivity index (χ4n) is 5.09. The molecule has 2 heterocycles. The molecule has 4 aromatic rings. The molecule has 11 heteroatoms. The van der Waals surface area contributed by atoms with E-state index in [-0.39, 0.29) is 18.3 Å². The second-order valence-electron chi connectivity index (χ2n) is 10.3. The van der Waals surface area contributed by atoms with Crippen LogP contribution in [0.15, 0.2) is 84.8 Å². The van der Waals surface area contributed by atoms with Crippen molar-refractivity contribution in [1.82, 2.24) is 21.0 Å². The van der Waals surface area contributed by atoms with E-state index in [2.05, 4.69) is 38.7 Å². The summed E-state index contributed by atoms with van der Waals surface area (Å²) in [6, 6.07) is 23.5. The Kier molecular flexibility index (Phi) is 7.34. The molecule has 2 aliphatic rings. The molecule has 6 rings (SSSR count). The van der Waals surface area contributed by atoms with Crippen LogP contribution in [0, 0.1) is 28.5 Å². The molecular formula is C31H25BClFN8. The van der Waals surface area contributed by atoms with E-state index in [1.165, 1.54) is 18.3 Å². The van der Waals surface area contributed by atoms with E-state index >= 15 is 0 Å². The van der Waals surface area contributed by atoms with Crippen LogP contribution < -0.4 is 21.6 Å². The lowest BCUT2D eigenvalue weighted by atomic mass is 9.69. The molecule has 8 nitrogen and oxygen atoms in total. The number of nitrogens with zero attached hydrogens (tertiary/aromatic N) is 4. The number of anilines is 2. The zero-order chi connectivity index (χ0) is 29.3. The van der Waals surface area contributed by atoms with E-state index in [1.807, 2.05) is 47.6 Å². The minimum absolute atomic E-state index is 0.172. The van der Waals surface area contributed by atoms with Crippen LogP contribution in [0.2, 0.25) is 5.02 Å². The highest BCUT2D eigenvalue weighted by Gasteiger charge is 2.37. The molecule has 0 amide bonds. The SMILES string of the molecule is [B]C(Nc1cc(Cl)c2ncc(C#N)c(N[C@@H](CC#N)c3ccccc3)c2c1)(C1=CN(C2CC2)NN1)c1ccc(F)cc1. The molecule has 1 aromatic heterocycles. The van der Waals surface area contributed by atoms with Crippen molar-refractivity contribution in [2.45, 2.75) is 36.8 Å². The number of pyridine rings is 1. The van der Waals surface area contributed by atoms with Gasteiger partial charge in [0.05, 0.1) is 51.5 Å². The van der Waals surface area contributed by atoms with Crippen molar-refractivity contribution in [3.05, 3.63) is 112 Å². The molecule has 3 aromatic carbocycles. The third-order valence-corrected chi connectivity index (χ3v) is 7.74. The monoisotopic (exact) mass is 574 g/mol. The van der Waals surface area contributed by atoms with E-state index in [9.17, 15) is 14.9 Å². The Bertz CT molecular complexity index is 1750. The molecule has 2 atom stereocenters. The molecule has 0 bridgehead atoms. The Morgan fingerprint density at radius 1 is 1.14 bits per heavy atom. The second kappa shape index (κ2) is 11.3. The fourth-order valence-corrected chi connectivity index (χ4v) is 5.36. The maximum absolute atomic E-state index is 13.9. The smallest absolute Gasteiger partial charge is 0.123 e. The maximum Gasteiger partial charge on any atom is 0.123 e. The van der Waals surface area contributed by atoms with E-state index in [1.54, 1.807) is 18.2 Å². The minimum Gasteiger partial charge on any atom is -0.378 e. The van der Waals surface area contributed by atoms with Crippen LogP contribution in [-0.2, 0) is 5.44 Å². The number of hydrogen-bond acceptors (Lipinski definition) is 8. The van der Waals surface area contributed by atoms with Crippen molar-refractivity contribution in [3.8, 4) is 12.1 Å². The van der Waals surface area contributed by atoms with Crippen molar-refractivity contribution in [2.24, 2.45) is 0 Å². The lowest BCUT2D eigenvalue weighted by molar-refractivity contribution is 0.260. The number of hydrogen-bond donors (Lipinski definition) is 4. The van der Waals surface area contributed by atoms with Gasteiger partial charge in [0.1, 0.15) is 19.7 Å². The number of benzene rings is 3. The van der Waals surface area contributed by atoms with Crippen molar-refractivity contribution >= 4 is 41.7 Å². The molecule has 1 aliphatic carbocycles. The molecule has 42 heavy (non-hydrogen) atoms. The van der Waals surface area contributed by atoms with Gasteiger partial charge < -0.3 is 16.1 Å². The highest BCUT2D eigenvalue weighted by molar-refractivity contribution is 6.36. The third-order valence-electron chi connectivity index (χ3n) is 7.46. The fraction of sp³-hybridized carbons (Fsp3) is 0.194. The van der Waals surface area contributed by atoms with Crippen LogP contribution in [0.1, 0.15) is 42.0 Å². The van der Waals surface area contributed by atoms with Gasteiger partial charge in [0.2, 0.25) is 0 Å². The number of halogens is 2. The first kappa shape index (κ1) is 27.4. The van der Waals surface area contributed by atoms with Crippen LogP contribution in [-0.4, -0.2) is 23.9 Å². The first-order valence-electron chi connectivity index (χ1n) is 13.5. The summed E-state index contributed by atoms with van der Waals surface area (Å²) < 4.78 is 13.9. The Morgan fingerprint density at radius 2 is 1.90 bits per heavy atom. The van der Waals surface area contributed by atoms with Gasteiger partial charge in [-0.15, -0.1) is 5.53 Å². The summed E-state index contributed by atoms with van der Waals surface area (Å²) in [5, 5.41) is 29.2. The van der Waals surface area contributed by atoms with Gasteiger partial charge in [-0.1, -0.05) is 54.1 Å². The summed E-state index contributed by atoms with van der Waals surface area (Å²) in [5.74, 6) is -0.378. The number of nitriles is 2. The quantitative estimate of drug-likeness (QED) is 0.188. The van der Waals surface area contributed by atoms with Crippen LogP contribution in [0.4, 0.5) is 15.8 Å².